The molecule has 1 heterocycles. The zero-order chi connectivity index (χ0) is 13.3. The van der Waals surface area contributed by atoms with E-state index in [-0.39, 0.29) is 5.75 Å². The van der Waals surface area contributed by atoms with Crippen molar-refractivity contribution in [2.45, 2.75) is 0 Å². The van der Waals surface area contributed by atoms with E-state index >= 15 is 0 Å². The number of hydrogen-bond acceptors (Lipinski definition) is 4. The lowest BCUT2D eigenvalue weighted by atomic mass is 10.1. The molecule has 5 heteroatoms. The number of aromatic hydroxyl groups is 1. The highest BCUT2D eigenvalue weighted by Crippen LogP contribution is 2.27. The van der Waals surface area contributed by atoms with Crippen LogP contribution in [0.3, 0.4) is 0 Å². The topological polar surface area (TPSA) is 66.8 Å². The van der Waals surface area contributed by atoms with E-state index in [4.69, 9.17) is 4.74 Å². The van der Waals surface area contributed by atoms with Crippen LogP contribution < -0.4 is 4.74 Å². The molecule has 0 unspecified atom stereocenters. The quantitative estimate of drug-likeness (QED) is 0.620. The molecule has 2 rings (SSSR count). The van der Waals surface area contributed by atoms with Crippen molar-refractivity contribution in [3.8, 4) is 11.5 Å². The highest BCUT2D eigenvalue weighted by molar-refractivity contribution is 6.45. The molecule has 5 nitrogen and oxygen atoms in total. The number of methoxy groups -OCH3 is 1. The first-order valence-corrected chi connectivity index (χ1v) is 5.40. The average Bonchev–Trinajstić information content (AvgIpc) is 2.59. The molecule has 1 aromatic carbocycles. The van der Waals surface area contributed by atoms with E-state index in [0.717, 1.165) is 0 Å². The molecule has 0 radical (unpaired) electrons. The van der Waals surface area contributed by atoms with E-state index in [9.17, 15) is 14.7 Å². The van der Waals surface area contributed by atoms with Gasteiger partial charge in [-0.15, -0.1) is 0 Å². The van der Waals surface area contributed by atoms with E-state index in [2.05, 4.69) is 0 Å². The van der Waals surface area contributed by atoms with Gasteiger partial charge in [-0.05, 0) is 23.8 Å². The van der Waals surface area contributed by atoms with Crippen molar-refractivity contribution in [3.05, 3.63) is 29.3 Å². The van der Waals surface area contributed by atoms with Crippen LogP contribution in [0.15, 0.2) is 23.8 Å². The summed E-state index contributed by atoms with van der Waals surface area (Å²) in [7, 11) is 3.03. The highest BCUT2D eigenvalue weighted by atomic mass is 16.5. The van der Waals surface area contributed by atoms with Crippen LogP contribution in [0.4, 0.5) is 0 Å². The van der Waals surface area contributed by atoms with Gasteiger partial charge in [-0.25, -0.2) is 0 Å². The fourth-order valence-corrected chi connectivity index (χ4v) is 1.81. The van der Waals surface area contributed by atoms with E-state index in [1.54, 1.807) is 25.3 Å². The van der Waals surface area contributed by atoms with E-state index in [0.29, 0.717) is 23.4 Å². The van der Waals surface area contributed by atoms with Crippen LogP contribution in [-0.4, -0.2) is 42.4 Å². The summed E-state index contributed by atoms with van der Waals surface area (Å²) in [6.45, 7) is 0.306. The largest absolute Gasteiger partial charge is 0.504 e. The molecular weight excluding hydrogens is 234 g/mol. The molecule has 1 fully saturated rings. The maximum absolute atomic E-state index is 11.6. The Hall–Kier alpha value is -2.30. The first kappa shape index (κ1) is 12.2. The third kappa shape index (κ3) is 2.07. The Bertz CT molecular complexity index is 548. The lowest BCUT2D eigenvalue weighted by molar-refractivity contribution is -0.138. The summed E-state index contributed by atoms with van der Waals surface area (Å²) in [5.74, 6) is -0.614. The summed E-state index contributed by atoms with van der Waals surface area (Å²) < 4.78 is 4.98. The Kier molecular flexibility index (Phi) is 3.06. The molecule has 0 bridgehead atoms. The normalized spacial score (nSPS) is 17.7. The number of rotatable bonds is 2. The Morgan fingerprint density at radius 1 is 1.39 bits per heavy atom. The summed E-state index contributed by atoms with van der Waals surface area (Å²) in [5, 5.41) is 9.46. The number of Topliss-reactive ketones (excluding diaryl/α,β-unsaturated/α-hetero) is 1. The number of amides is 1. The molecule has 94 valence electrons. The summed E-state index contributed by atoms with van der Waals surface area (Å²) in [5.41, 5.74) is 1.14. The highest BCUT2D eigenvalue weighted by Gasteiger charge is 2.31. The molecule has 1 N–H and O–H groups in total. The van der Waals surface area contributed by atoms with Gasteiger partial charge in [0.25, 0.3) is 5.91 Å². The predicted molar refractivity (Wildman–Crippen MR) is 65.3 cm³/mol. The maximum atomic E-state index is 11.6. The molecule has 0 aromatic heterocycles. The molecule has 1 amide bonds. The predicted octanol–water partition coefficient (Wildman–Crippen LogP) is 0.825. The lowest BCUT2D eigenvalue weighted by Gasteiger charge is -2.05. The van der Waals surface area contributed by atoms with Crippen LogP contribution >= 0.6 is 0 Å². The minimum atomic E-state index is -0.494. The smallest absolute Gasteiger partial charge is 0.294 e. The summed E-state index contributed by atoms with van der Waals surface area (Å²) >= 11 is 0. The van der Waals surface area contributed by atoms with Crippen LogP contribution in [0.25, 0.3) is 6.08 Å². The van der Waals surface area contributed by atoms with E-state index in [1.165, 1.54) is 18.1 Å². The van der Waals surface area contributed by atoms with Crippen LogP contribution in [-0.2, 0) is 9.59 Å². The van der Waals surface area contributed by atoms with Gasteiger partial charge in [0.1, 0.15) is 0 Å². The average molecular weight is 247 g/mol. The zero-order valence-corrected chi connectivity index (χ0v) is 10.1. The summed E-state index contributed by atoms with van der Waals surface area (Å²) in [4.78, 5) is 24.3. The Morgan fingerprint density at radius 2 is 2.11 bits per heavy atom. The number of phenols is 1. The molecule has 1 aromatic rings. The Morgan fingerprint density at radius 3 is 2.67 bits per heavy atom. The second-order valence-electron chi connectivity index (χ2n) is 4.09. The first-order chi connectivity index (χ1) is 8.52. The van der Waals surface area contributed by atoms with Crippen molar-refractivity contribution in [1.29, 1.82) is 0 Å². The first-order valence-electron chi connectivity index (χ1n) is 5.40. The van der Waals surface area contributed by atoms with Gasteiger partial charge >= 0.3 is 0 Å². The van der Waals surface area contributed by atoms with Gasteiger partial charge < -0.3 is 14.7 Å². The molecule has 1 saturated heterocycles. The molecule has 0 saturated carbocycles. The number of hydrogen-bond donors (Lipinski definition) is 1. The standard InChI is InChI=1S/C13H13NO4/c1-14-7-9(12(16)13(14)17)5-8-3-4-10(15)11(6-8)18-2/h3-6,15H,7H2,1-2H3. The number of nitrogens with zero attached hydrogens (tertiary/aromatic N) is 1. The van der Waals surface area contributed by atoms with Crippen molar-refractivity contribution < 1.29 is 19.4 Å². The molecule has 0 atom stereocenters. The minimum Gasteiger partial charge on any atom is -0.504 e. The summed E-state index contributed by atoms with van der Waals surface area (Å²) in [6, 6.07) is 4.75. The monoisotopic (exact) mass is 247 g/mol. The molecule has 1 aliphatic heterocycles. The van der Waals surface area contributed by atoms with E-state index < -0.39 is 11.7 Å². The van der Waals surface area contributed by atoms with Gasteiger partial charge in [0, 0.05) is 19.2 Å². The number of likely N-dealkylation sites (tertiary alicyclic amines) is 1. The van der Waals surface area contributed by atoms with Crippen LogP contribution in [0.1, 0.15) is 5.56 Å². The second kappa shape index (κ2) is 4.52. The van der Waals surface area contributed by atoms with E-state index in [1.807, 2.05) is 0 Å². The number of carbonyl (C=O) groups is 2. The van der Waals surface area contributed by atoms with Crippen LogP contribution in [0.2, 0.25) is 0 Å². The third-order valence-corrected chi connectivity index (χ3v) is 2.78. The molecule has 18 heavy (non-hydrogen) atoms. The van der Waals surface area contributed by atoms with Crippen molar-refractivity contribution in [2.75, 3.05) is 20.7 Å². The van der Waals surface area contributed by atoms with Gasteiger partial charge in [0.05, 0.1) is 7.11 Å². The fourth-order valence-electron chi connectivity index (χ4n) is 1.81. The number of likely N-dealkylation sites (N-methyl/N-ethyl adjacent to an activating group) is 1. The van der Waals surface area contributed by atoms with Gasteiger partial charge in [-0.1, -0.05) is 6.07 Å². The lowest BCUT2D eigenvalue weighted by Crippen LogP contribution is -2.22. The fraction of sp³-hybridized carbons (Fsp3) is 0.231. The molecule has 1 aliphatic rings. The Balaban J connectivity index is 2.34. The van der Waals surface area contributed by atoms with Gasteiger partial charge in [0.2, 0.25) is 5.78 Å². The second-order valence-corrected chi connectivity index (χ2v) is 4.09. The van der Waals surface area contributed by atoms with Crippen molar-refractivity contribution in [1.82, 2.24) is 4.90 Å². The van der Waals surface area contributed by atoms with Crippen molar-refractivity contribution >= 4 is 17.8 Å². The van der Waals surface area contributed by atoms with Crippen molar-refractivity contribution in [3.63, 3.8) is 0 Å². The van der Waals surface area contributed by atoms with Crippen molar-refractivity contribution in [2.24, 2.45) is 0 Å². The van der Waals surface area contributed by atoms with Gasteiger partial charge in [-0.3, -0.25) is 9.59 Å². The Labute approximate surface area is 104 Å². The third-order valence-electron chi connectivity index (χ3n) is 2.78. The number of ether oxygens (including phenoxy) is 1. The number of ketones is 1. The maximum Gasteiger partial charge on any atom is 0.294 e. The SMILES string of the molecule is COc1cc(C=C2CN(C)C(=O)C2=O)ccc1O. The molecule has 0 spiro atoms. The van der Waals surface area contributed by atoms with Crippen LogP contribution in [0, 0.1) is 0 Å². The minimum absolute atomic E-state index is 0.0330. The zero-order valence-electron chi connectivity index (χ0n) is 10.1. The molecule has 0 aliphatic carbocycles. The number of carbonyl (C=O) groups excluding carboxylic acids is 2. The summed E-state index contributed by atoms with van der Waals surface area (Å²) in [6.07, 6.45) is 1.63. The van der Waals surface area contributed by atoms with Gasteiger partial charge in [0.15, 0.2) is 11.5 Å². The van der Waals surface area contributed by atoms with Gasteiger partial charge in [-0.2, -0.15) is 0 Å². The number of benzene rings is 1. The number of phenolic OH excluding ortho intramolecular Hbond substituents is 1. The van der Waals surface area contributed by atoms with Crippen LogP contribution in [0.5, 0.6) is 11.5 Å². The molecular formula is C13H13NO4.